The normalized spacial score (nSPS) is 11.1. The Morgan fingerprint density at radius 2 is 1.72 bits per heavy atom. The van der Waals surface area contributed by atoms with Crippen LogP contribution in [0.25, 0.3) is 0 Å². The minimum Gasteiger partial charge on any atom is -0.366 e. The molecule has 0 radical (unpaired) electrons. The minimum atomic E-state index is -4.59. The molecule has 0 saturated carbocycles. The van der Waals surface area contributed by atoms with Crippen LogP contribution < -0.4 is 15.4 Å². The number of benzene rings is 2. The molecule has 25 heavy (non-hydrogen) atoms. The highest BCUT2D eigenvalue weighted by atomic mass is 35.5. The number of rotatable bonds is 3. The van der Waals surface area contributed by atoms with Gasteiger partial charge in [-0.1, -0.05) is 24.4 Å². The quantitative estimate of drug-likeness (QED) is 0.683. The number of carbonyl (C=O) groups is 2. The summed E-state index contributed by atoms with van der Waals surface area (Å²) in [6, 6.07) is 7.78. The Labute approximate surface area is 151 Å². The summed E-state index contributed by atoms with van der Waals surface area (Å²) >= 11 is 9.61. The average molecular weight is 390 g/mol. The van der Waals surface area contributed by atoms with Gasteiger partial charge in [0.2, 0.25) is 5.91 Å². The summed E-state index contributed by atoms with van der Waals surface area (Å²) in [6.07, 6.45) is -4.59. The molecule has 2 aromatic rings. The highest BCUT2D eigenvalue weighted by molar-refractivity contribution is 7.82. The smallest absolute Gasteiger partial charge is 0.366 e. The predicted octanol–water partition coefficient (Wildman–Crippen LogP) is 4.34. The van der Waals surface area contributed by atoms with Crippen molar-refractivity contribution in [2.24, 2.45) is 5.73 Å². The Bertz CT molecular complexity index is 813. The molecule has 0 unspecified atom stereocenters. The van der Waals surface area contributed by atoms with Crippen molar-refractivity contribution in [2.75, 3.05) is 9.62 Å². The molecule has 0 saturated heterocycles. The average Bonchev–Trinajstić information content (AvgIpc) is 2.53. The number of hydrogen-bond donors (Lipinski definition) is 3. The molecule has 0 aliphatic rings. The van der Waals surface area contributed by atoms with Gasteiger partial charge in [-0.05, 0) is 42.5 Å². The van der Waals surface area contributed by atoms with Gasteiger partial charge in [0.05, 0.1) is 16.3 Å². The predicted molar refractivity (Wildman–Crippen MR) is 91.9 cm³/mol. The van der Waals surface area contributed by atoms with E-state index < -0.39 is 28.7 Å². The minimum absolute atomic E-state index is 0.0656. The van der Waals surface area contributed by atoms with Crippen molar-refractivity contribution < 1.29 is 22.8 Å². The number of alkyl halides is 3. The SMILES string of the molecule is NC(=O)c1ccc(N(S)C(=O)Nc2ccc(C(F)(F)F)c(Cl)c2)cc1. The summed E-state index contributed by atoms with van der Waals surface area (Å²) in [7, 11) is 0. The fourth-order valence-electron chi connectivity index (χ4n) is 1.88. The van der Waals surface area contributed by atoms with Crippen LogP contribution in [-0.2, 0) is 6.18 Å². The summed E-state index contributed by atoms with van der Waals surface area (Å²) in [4.78, 5) is 23.1. The Kier molecular flexibility index (Phi) is 5.48. The molecule has 0 aromatic heterocycles. The van der Waals surface area contributed by atoms with Crippen LogP contribution in [0.3, 0.4) is 0 Å². The van der Waals surface area contributed by atoms with Gasteiger partial charge in [-0.15, -0.1) is 0 Å². The van der Waals surface area contributed by atoms with Gasteiger partial charge in [0.1, 0.15) is 0 Å². The fourth-order valence-corrected chi connectivity index (χ4v) is 2.35. The molecule has 3 N–H and O–H groups in total. The van der Waals surface area contributed by atoms with Crippen LogP contribution in [0, 0.1) is 0 Å². The maximum atomic E-state index is 12.7. The highest BCUT2D eigenvalue weighted by Gasteiger charge is 2.33. The van der Waals surface area contributed by atoms with Gasteiger partial charge in [0.15, 0.2) is 0 Å². The van der Waals surface area contributed by atoms with Gasteiger partial charge in [0, 0.05) is 11.3 Å². The Balaban J connectivity index is 2.13. The number of thiol groups is 1. The monoisotopic (exact) mass is 389 g/mol. The number of nitrogens with two attached hydrogens (primary N) is 1. The molecule has 3 amide bonds. The molecule has 10 heteroatoms. The molecule has 2 aromatic carbocycles. The largest absolute Gasteiger partial charge is 0.417 e. The van der Waals surface area contributed by atoms with Crippen molar-refractivity contribution in [1.29, 1.82) is 0 Å². The van der Waals surface area contributed by atoms with Crippen LogP contribution in [0.2, 0.25) is 5.02 Å². The van der Waals surface area contributed by atoms with Crippen LogP contribution in [-0.4, -0.2) is 11.9 Å². The number of urea groups is 1. The second kappa shape index (κ2) is 7.24. The number of halogens is 4. The maximum absolute atomic E-state index is 12.7. The molecular weight excluding hydrogens is 379 g/mol. The van der Waals surface area contributed by atoms with Crippen LogP contribution in [0.15, 0.2) is 42.5 Å². The molecule has 132 valence electrons. The van der Waals surface area contributed by atoms with Crippen molar-refractivity contribution in [3.8, 4) is 0 Å². The number of primary amides is 1. The number of carbonyl (C=O) groups excluding carboxylic acids is 2. The number of amides is 3. The first kappa shape index (κ1) is 18.9. The lowest BCUT2D eigenvalue weighted by Crippen LogP contribution is -2.26. The van der Waals surface area contributed by atoms with Crippen molar-refractivity contribution in [3.63, 3.8) is 0 Å². The second-order valence-corrected chi connectivity index (χ2v) is 5.65. The van der Waals surface area contributed by atoms with E-state index in [-0.39, 0.29) is 11.3 Å². The molecule has 5 nitrogen and oxygen atoms in total. The first-order valence-electron chi connectivity index (χ1n) is 6.66. The Morgan fingerprint density at radius 3 is 2.20 bits per heavy atom. The zero-order valence-electron chi connectivity index (χ0n) is 12.3. The number of nitrogens with zero attached hydrogens (tertiary/aromatic N) is 1. The van der Waals surface area contributed by atoms with E-state index in [0.717, 1.165) is 22.5 Å². The van der Waals surface area contributed by atoms with E-state index in [9.17, 15) is 22.8 Å². The van der Waals surface area contributed by atoms with E-state index in [4.69, 9.17) is 17.3 Å². The van der Waals surface area contributed by atoms with Crippen molar-refractivity contribution >= 4 is 47.7 Å². The van der Waals surface area contributed by atoms with Crippen LogP contribution in [0.4, 0.5) is 29.3 Å². The lowest BCUT2D eigenvalue weighted by Gasteiger charge is -2.17. The third kappa shape index (κ3) is 4.58. The van der Waals surface area contributed by atoms with Gasteiger partial charge >= 0.3 is 12.2 Å². The first-order chi connectivity index (χ1) is 11.6. The molecular formula is C15H11ClF3N3O2S. The van der Waals surface area contributed by atoms with Crippen LogP contribution in [0.5, 0.6) is 0 Å². The Hall–Kier alpha value is -2.39. The Morgan fingerprint density at radius 1 is 1.12 bits per heavy atom. The summed E-state index contributed by atoms with van der Waals surface area (Å²) < 4.78 is 38.9. The van der Waals surface area contributed by atoms with E-state index in [2.05, 4.69) is 18.1 Å². The third-order valence-electron chi connectivity index (χ3n) is 3.11. The highest BCUT2D eigenvalue weighted by Crippen LogP contribution is 2.36. The zero-order chi connectivity index (χ0) is 18.8. The number of hydrogen-bond acceptors (Lipinski definition) is 3. The standard InChI is InChI=1S/C15H11ClF3N3O2S/c16-12-7-9(3-6-11(12)15(17,18)19)21-14(24)22(25)10-4-1-8(2-5-10)13(20)23/h1-7,25H,(H2,20,23)(H,21,24). The van der Waals surface area contributed by atoms with E-state index >= 15 is 0 Å². The van der Waals surface area contributed by atoms with Crippen molar-refractivity contribution in [2.45, 2.75) is 6.18 Å². The third-order valence-corrected chi connectivity index (χ3v) is 3.84. The van der Waals surface area contributed by atoms with E-state index in [1.165, 1.54) is 24.3 Å². The lowest BCUT2D eigenvalue weighted by atomic mass is 10.2. The van der Waals surface area contributed by atoms with Crippen molar-refractivity contribution in [1.82, 2.24) is 0 Å². The lowest BCUT2D eigenvalue weighted by molar-refractivity contribution is -0.137. The van der Waals surface area contributed by atoms with E-state index in [1.54, 1.807) is 0 Å². The molecule has 0 spiro atoms. The van der Waals surface area contributed by atoms with E-state index in [1.807, 2.05) is 0 Å². The maximum Gasteiger partial charge on any atom is 0.417 e. The molecule has 2 rings (SSSR count). The van der Waals surface area contributed by atoms with Gasteiger partial charge in [-0.3, -0.25) is 4.79 Å². The summed E-state index contributed by atoms with van der Waals surface area (Å²) in [6.45, 7) is 0. The summed E-state index contributed by atoms with van der Waals surface area (Å²) in [5.74, 6) is -0.624. The van der Waals surface area contributed by atoms with Gasteiger partial charge < -0.3 is 11.1 Å². The summed E-state index contributed by atoms with van der Waals surface area (Å²) in [5, 5.41) is 1.82. The molecule has 0 atom stereocenters. The molecule has 0 aliphatic heterocycles. The second-order valence-electron chi connectivity index (χ2n) is 4.85. The van der Waals surface area contributed by atoms with Gasteiger partial charge in [-0.25, -0.2) is 9.10 Å². The van der Waals surface area contributed by atoms with Gasteiger partial charge in [0.25, 0.3) is 0 Å². The molecule has 0 fully saturated rings. The van der Waals surface area contributed by atoms with Gasteiger partial charge in [-0.2, -0.15) is 13.2 Å². The van der Waals surface area contributed by atoms with Crippen LogP contribution in [0.1, 0.15) is 15.9 Å². The number of anilines is 2. The number of nitrogens with one attached hydrogen (secondary N) is 1. The van der Waals surface area contributed by atoms with E-state index in [0.29, 0.717) is 5.69 Å². The van der Waals surface area contributed by atoms with Crippen molar-refractivity contribution in [3.05, 3.63) is 58.6 Å². The summed E-state index contributed by atoms with van der Waals surface area (Å²) in [5.41, 5.74) is 4.75. The topological polar surface area (TPSA) is 75.4 Å². The van der Waals surface area contributed by atoms with Crippen LogP contribution >= 0.6 is 24.4 Å². The molecule has 0 bridgehead atoms. The molecule has 0 heterocycles. The fraction of sp³-hybridized carbons (Fsp3) is 0.0667. The zero-order valence-corrected chi connectivity index (χ0v) is 14.0. The first-order valence-corrected chi connectivity index (χ1v) is 7.44. The molecule has 0 aliphatic carbocycles.